The van der Waals surface area contributed by atoms with Crippen molar-refractivity contribution >= 4 is 11.7 Å². The maximum Gasteiger partial charge on any atom is 0.325 e. The highest BCUT2D eigenvalue weighted by atomic mass is 16.5. The van der Waals surface area contributed by atoms with Crippen LogP contribution in [0, 0.1) is 13.8 Å². The van der Waals surface area contributed by atoms with Gasteiger partial charge in [-0.1, -0.05) is 18.2 Å². The highest BCUT2D eigenvalue weighted by Crippen LogP contribution is 2.49. The molecule has 25 heavy (non-hydrogen) atoms. The summed E-state index contributed by atoms with van der Waals surface area (Å²) in [5, 5.41) is 3.12. The fourth-order valence-electron chi connectivity index (χ4n) is 3.99. The van der Waals surface area contributed by atoms with Gasteiger partial charge in [-0.3, -0.25) is 4.90 Å². The van der Waals surface area contributed by atoms with E-state index in [9.17, 15) is 4.79 Å². The van der Waals surface area contributed by atoms with Gasteiger partial charge in [-0.2, -0.15) is 0 Å². The molecule has 130 valence electrons. The Morgan fingerprint density at radius 2 is 1.96 bits per heavy atom. The number of benzene rings is 2. The maximum atomic E-state index is 12.9. The highest BCUT2D eigenvalue weighted by molar-refractivity contribution is 5.95. The number of anilines is 1. The van der Waals surface area contributed by atoms with Gasteiger partial charge in [-0.05, 0) is 50.1 Å². The number of fused-ring (bicyclic) bond motifs is 4. The van der Waals surface area contributed by atoms with Crippen LogP contribution in [0.5, 0.6) is 11.5 Å². The molecule has 2 aliphatic rings. The lowest BCUT2D eigenvalue weighted by Gasteiger charge is -2.50. The molecule has 1 saturated heterocycles. The van der Waals surface area contributed by atoms with Crippen LogP contribution in [-0.2, 0) is 0 Å². The number of carbonyl (C=O) groups is 1. The Balaban J connectivity index is 1.84. The maximum absolute atomic E-state index is 12.9. The SMILES string of the molecule is COc1cccc2c1O[C@@]1(C)C[C@@H]2NC(=O)N1c1cc(C)cc(C)c1. The zero-order chi connectivity index (χ0) is 17.8. The first kappa shape index (κ1) is 15.8. The average molecular weight is 338 g/mol. The molecule has 2 atom stereocenters. The van der Waals surface area contributed by atoms with E-state index in [4.69, 9.17) is 9.47 Å². The van der Waals surface area contributed by atoms with Gasteiger partial charge in [0.1, 0.15) is 0 Å². The zero-order valence-corrected chi connectivity index (χ0v) is 14.9. The second-order valence-electron chi connectivity index (χ2n) is 7.04. The number of amides is 2. The van der Waals surface area contributed by atoms with E-state index in [1.165, 1.54) is 0 Å². The van der Waals surface area contributed by atoms with E-state index in [1.54, 1.807) is 12.0 Å². The van der Waals surface area contributed by atoms with Crippen molar-refractivity contribution in [3.63, 3.8) is 0 Å². The number of carbonyl (C=O) groups excluding carboxylic acids is 1. The topological polar surface area (TPSA) is 50.8 Å². The molecule has 5 nitrogen and oxygen atoms in total. The number of ether oxygens (including phenoxy) is 2. The van der Waals surface area contributed by atoms with E-state index in [-0.39, 0.29) is 12.1 Å². The second kappa shape index (κ2) is 5.41. The lowest BCUT2D eigenvalue weighted by Crippen LogP contribution is -2.65. The molecule has 0 saturated carbocycles. The lowest BCUT2D eigenvalue weighted by atomic mass is 9.89. The molecular weight excluding hydrogens is 316 g/mol. The van der Waals surface area contributed by atoms with Crippen molar-refractivity contribution in [3.05, 3.63) is 53.1 Å². The average Bonchev–Trinajstić information content (AvgIpc) is 2.52. The first-order chi connectivity index (χ1) is 11.9. The summed E-state index contributed by atoms with van der Waals surface area (Å²) in [6, 6.07) is 11.7. The molecule has 1 fully saturated rings. The number of urea groups is 1. The Morgan fingerprint density at radius 3 is 2.64 bits per heavy atom. The molecule has 2 heterocycles. The largest absolute Gasteiger partial charge is 0.493 e. The van der Waals surface area contributed by atoms with E-state index < -0.39 is 5.72 Å². The van der Waals surface area contributed by atoms with E-state index in [1.807, 2.05) is 51.1 Å². The molecule has 2 aromatic carbocycles. The van der Waals surface area contributed by atoms with Crippen molar-refractivity contribution < 1.29 is 14.3 Å². The number of hydrogen-bond donors (Lipinski definition) is 1. The number of methoxy groups -OCH3 is 1. The van der Waals surface area contributed by atoms with E-state index in [2.05, 4.69) is 11.4 Å². The first-order valence-corrected chi connectivity index (χ1v) is 8.46. The van der Waals surface area contributed by atoms with Gasteiger partial charge in [0.15, 0.2) is 17.2 Å². The third kappa shape index (κ3) is 2.42. The number of para-hydroxylation sites is 1. The summed E-state index contributed by atoms with van der Waals surface area (Å²) >= 11 is 0. The first-order valence-electron chi connectivity index (χ1n) is 8.46. The number of nitrogens with one attached hydrogen (secondary N) is 1. The van der Waals surface area contributed by atoms with Crippen LogP contribution < -0.4 is 19.7 Å². The van der Waals surface area contributed by atoms with Gasteiger partial charge in [0.25, 0.3) is 0 Å². The van der Waals surface area contributed by atoms with E-state index in [0.717, 1.165) is 22.4 Å². The van der Waals surface area contributed by atoms with Gasteiger partial charge in [0.05, 0.1) is 13.2 Å². The number of aryl methyl sites for hydroxylation is 2. The minimum atomic E-state index is -0.769. The number of nitrogens with zero attached hydrogens (tertiary/aromatic N) is 1. The smallest absolute Gasteiger partial charge is 0.325 e. The summed E-state index contributed by atoms with van der Waals surface area (Å²) < 4.78 is 11.8. The summed E-state index contributed by atoms with van der Waals surface area (Å²) in [6.07, 6.45) is 0.673. The summed E-state index contributed by atoms with van der Waals surface area (Å²) in [5.41, 5.74) is 3.26. The van der Waals surface area contributed by atoms with Crippen LogP contribution in [0.25, 0.3) is 0 Å². The van der Waals surface area contributed by atoms with Crippen molar-refractivity contribution in [2.75, 3.05) is 12.0 Å². The Kier molecular flexibility index (Phi) is 3.42. The third-order valence-corrected chi connectivity index (χ3v) is 4.95. The fourth-order valence-corrected chi connectivity index (χ4v) is 3.99. The molecular formula is C20H22N2O3. The summed E-state index contributed by atoms with van der Waals surface area (Å²) in [6.45, 7) is 6.03. The zero-order valence-electron chi connectivity index (χ0n) is 14.9. The van der Waals surface area contributed by atoms with Crippen molar-refractivity contribution in [1.29, 1.82) is 0 Å². The molecule has 4 rings (SSSR count). The van der Waals surface area contributed by atoms with E-state index in [0.29, 0.717) is 17.9 Å². The molecule has 2 aromatic rings. The van der Waals surface area contributed by atoms with Crippen LogP contribution in [0.2, 0.25) is 0 Å². The molecule has 2 amide bonds. The van der Waals surface area contributed by atoms with Gasteiger partial charge in [0.2, 0.25) is 0 Å². The van der Waals surface area contributed by atoms with Crippen LogP contribution in [0.1, 0.15) is 36.1 Å². The van der Waals surface area contributed by atoms with Gasteiger partial charge in [0, 0.05) is 17.7 Å². The molecule has 1 N–H and O–H groups in total. The van der Waals surface area contributed by atoms with Crippen LogP contribution in [0.4, 0.5) is 10.5 Å². The summed E-state index contributed by atoms with van der Waals surface area (Å²) in [4.78, 5) is 14.6. The second-order valence-corrected chi connectivity index (χ2v) is 7.04. The minimum absolute atomic E-state index is 0.0847. The van der Waals surface area contributed by atoms with Crippen LogP contribution in [0.3, 0.4) is 0 Å². The molecule has 0 aliphatic carbocycles. The standard InChI is InChI=1S/C20H22N2O3/c1-12-8-13(2)10-14(9-12)22-19(23)21-16-11-20(22,3)25-18-15(16)6-5-7-17(18)24-4/h5-10,16H,11H2,1-4H3,(H,21,23)/t16-,20-/m0/s1. The highest BCUT2D eigenvalue weighted by Gasteiger charge is 2.50. The monoisotopic (exact) mass is 338 g/mol. The molecule has 2 bridgehead atoms. The van der Waals surface area contributed by atoms with Crippen molar-refractivity contribution in [1.82, 2.24) is 5.32 Å². The van der Waals surface area contributed by atoms with Gasteiger partial charge in [-0.25, -0.2) is 4.79 Å². The van der Waals surface area contributed by atoms with Crippen molar-refractivity contribution in [3.8, 4) is 11.5 Å². The minimum Gasteiger partial charge on any atom is -0.493 e. The van der Waals surface area contributed by atoms with Gasteiger partial charge in [-0.15, -0.1) is 0 Å². The van der Waals surface area contributed by atoms with Gasteiger partial charge < -0.3 is 14.8 Å². The van der Waals surface area contributed by atoms with Crippen molar-refractivity contribution in [2.24, 2.45) is 0 Å². The van der Waals surface area contributed by atoms with E-state index >= 15 is 0 Å². The molecule has 2 aliphatic heterocycles. The molecule has 5 heteroatoms. The Bertz CT molecular complexity index is 844. The fraction of sp³-hybridized carbons (Fsp3) is 0.350. The van der Waals surface area contributed by atoms with Gasteiger partial charge >= 0.3 is 6.03 Å². The molecule has 0 unspecified atom stereocenters. The summed E-state index contributed by atoms with van der Waals surface area (Å²) in [5.74, 6) is 1.39. The third-order valence-electron chi connectivity index (χ3n) is 4.95. The predicted octanol–water partition coefficient (Wildman–Crippen LogP) is 4.08. The quantitative estimate of drug-likeness (QED) is 0.897. The van der Waals surface area contributed by atoms with Crippen LogP contribution in [0.15, 0.2) is 36.4 Å². The number of hydrogen-bond acceptors (Lipinski definition) is 3. The molecule has 0 aromatic heterocycles. The molecule has 0 spiro atoms. The van der Waals surface area contributed by atoms with Crippen molar-refractivity contribution in [2.45, 2.75) is 39.0 Å². The summed E-state index contributed by atoms with van der Waals surface area (Å²) in [7, 11) is 1.63. The van der Waals surface area contributed by atoms with Crippen LogP contribution >= 0.6 is 0 Å². The normalized spacial score (nSPS) is 24.2. The molecule has 0 radical (unpaired) electrons. The lowest BCUT2D eigenvalue weighted by molar-refractivity contribution is 0.0349. The Hall–Kier alpha value is -2.69. The van der Waals surface area contributed by atoms with Crippen LogP contribution in [-0.4, -0.2) is 18.9 Å². The Morgan fingerprint density at radius 1 is 1.24 bits per heavy atom. The predicted molar refractivity (Wildman–Crippen MR) is 96.3 cm³/mol. The Labute approximate surface area is 147 Å². The number of rotatable bonds is 2.